The van der Waals surface area contributed by atoms with Gasteiger partial charge in [0.25, 0.3) is 0 Å². The number of ether oxygens (including phenoxy) is 2. The standard InChI is InChI=1S/C7H11NO3/c9-5-8-6-11-7-3-1-2-4-10-7/h7H,1-4,6H2. The van der Waals surface area contributed by atoms with Crippen LogP contribution >= 0.6 is 0 Å². The van der Waals surface area contributed by atoms with E-state index in [0.717, 1.165) is 25.9 Å². The quantitative estimate of drug-likeness (QED) is 0.450. The zero-order valence-corrected chi connectivity index (χ0v) is 6.28. The van der Waals surface area contributed by atoms with E-state index in [1.807, 2.05) is 0 Å². The topological polar surface area (TPSA) is 47.9 Å². The molecule has 1 fully saturated rings. The van der Waals surface area contributed by atoms with Crippen LogP contribution < -0.4 is 0 Å². The molecule has 0 N–H and O–H groups in total. The molecule has 11 heavy (non-hydrogen) atoms. The summed E-state index contributed by atoms with van der Waals surface area (Å²) in [6, 6.07) is 0. The minimum atomic E-state index is -0.166. The van der Waals surface area contributed by atoms with Crippen LogP contribution in [0.3, 0.4) is 0 Å². The molecule has 1 atom stereocenters. The van der Waals surface area contributed by atoms with Gasteiger partial charge < -0.3 is 9.47 Å². The third kappa shape index (κ3) is 3.28. The minimum absolute atomic E-state index is 0.0637. The Bertz CT molecular complexity index is 148. The van der Waals surface area contributed by atoms with Crippen molar-refractivity contribution in [2.24, 2.45) is 4.99 Å². The van der Waals surface area contributed by atoms with Crippen molar-refractivity contribution in [3.63, 3.8) is 0 Å². The van der Waals surface area contributed by atoms with Gasteiger partial charge >= 0.3 is 0 Å². The Kier molecular flexibility index (Phi) is 3.83. The third-order valence-corrected chi connectivity index (χ3v) is 1.53. The monoisotopic (exact) mass is 157 g/mol. The molecule has 0 bridgehead atoms. The van der Waals surface area contributed by atoms with Gasteiger partial charge in [-0.3, -0.25) is 0 Å². The SMILES string of the molecule is O=C=NCOC1CCCCO1. The van der Waals surface area contributed by atoms with Gasteiger partial charge in [0, 0.05) is 6.61 Å². The summed E-state index contributed by atoms with van der Waals surface area (Å²) in [6.07, 6.45) is 4.35. The van der Waals surface area contributed by atoms with E-state index in [-0.39, 0.29) is 13.0 Å². The molecule has 1 aliphatic rings. The first-order valence-corrected chi connectivity index (χ1v) is 3.70. The molecule has 0 amide bonds. The van der Waals surface area contributed by atoms with Crippen molar-refractivity contribution >= 4 is 6.08 Å². The van der Waals surface area contributed by atoms with Gasteiger partial charge in [-0.05, 0) is 19.3 Å². The summed E-state index contributed by atoms with van der Waals surface area (Å²) in [5, 5.41) is 0. The normalized spacial score (nSPS) is 24.2. The lowest BCUT2D eigenvalue weighted by atomic mass is 10.2. The van der Waals surface area contributed by atoms with Crippen molar-refractivity contribution in [3.8, 4) is 0 Å². The van der Waals surface area contributed by atoms with Crippen molar-refractivity contribution < 1.29 is 14.3 Å². The highest BCUT2D eigenvalue weighted by molar-refractivity contribution is 5.32. The van der Waals surface area contributed by atoms with Gasteiger partial charge in [0.2, 0.25) is 6.08 Å². The van der Waals surface area contributed by atoms with E-state index in [1.165, 1.54) is 6.08 Å². The van der Waals surface area contributed by atoms with E-state index in [2.05, 4.69) is 4.99 Å². The summed E-state index contributed by atoms with van der Waals surface area (Å²) in [6.45, 7) is 0.809. The molecule has 1 unspecified atom stereocenters. The fourth-order valence-electron chi connectivity index (χ4n) is 0.989. The van der Waals surface area contributed by atoms with Gasteiger partial charge in [-0.25, -0.2) is 4.79 Å². The predicted octanol–water partition coefficient (Wildman–Crippen LogP) is 0.823. The highest BCUT2D eigenvalue weighted by Crippen LogP contribution is 2.13. The first-order chi connectivity index (χ1) is 5.43. The summed E-state index contributed by atoms with van der Waals surface area (Å²) in [5.41, 5.74) is 0. The van der Waals surface area contributed by atoms with Crippen LogP contribution in [0.2, 0.25) is 0 Å². The lowest BCUT2D eigenvalue weighted by Crippen LogP contribution is -2.22. The number of rotatable bonds is 3. The molecular formula is C7H11NO3. The Balaban J connectivity index is 2.09. The summed E-state index contributed by atoms with van der Waals surface area (Å²) in [5.74, 6) is 0. The molecular weight excluding hydrogens is 146 g/mol. The predicted molar refractivity (Wildman–Crippen MR) is 37.7 cm³/mol. The molecule has 4 nitrogen and oxygen atoms in total. The number of nitrogens with zero attached hydrogens (tertiary/aromatic N) is 1. The van der Waals surface area contributed by atoms with Crippen LogP contribution in [-0.4, -0.2) is 25.7 Å². The van der Waals surface area contributed by atoms with Gasteiger partial charge in [-0.1, -0.05) is 0 Å². The smallest absolute Gasteiger partial charge is 0.237 e. The van der Waals surface area contributed by atoms with Crippen LogP contribution in [0.1, 0.15) is 19.3 Å². The Morgan fingerprint density at radius 1 is 1.64 bits per heavy atom. The van der Waals surface area contributed by atoms with Crippen molar-refractivity contribution in [2.45, 2.75) is 25.6 Å². The summed E-state index contributed by atoms with van der Waals surface area (Å²) < 4.78 is 10.3. The molecule has 1 aliphatic heterocycles. The van der Waals surface area contributed by atoms with Crippen LogP contribution in [0.25, 0.3) is 0 Å². The fourth-order valence-corrected chi connectivity index (χ4v) is 0.989. The van der Waals surface area contributed by atoms with Gasteiger partial charge in [0.05, 0.1) is 0 Å². The van der Waals surface area contributed by atoms with Crippen molar-refractivity contribution in [3.05, 3.63) is 0 Å². The van der Waals surface area contributed by atoms with Crippen molar-refractivity contribution in [1.82, 2.24) is 0 Å². The summed E-state index contributed by atoms with van der Waals surface area (Å²) in [4.78, 5) is 12.9. The number of hydrogen-bond donors (Lipinski definition) is 0. The summed E-state index contributed by atoms with van der Waals surface area (Å²) >= 11 is 0. The Hall–Kier alpha value is -0.700. The van der Waals surface area contributed by atoms with Gasteiger partial charge in [-0.15, -0.1) is 0 Å². The van der Waals surface area contributed by atoms with E-state index in [1.54, 1.807) is 0 Å². The molecule has 0 aliphatic carbocycles. The number of aliphatic imine (C=N–C) groups is 1. The van der Waals surface area contributed by atoms with E-state index in [4.69, 9.17) is 9.47 Å². The maximum Gasteiger partial charge on any atom is 0.237 e. The molecule has 62 valence electrons. The van der Waals surface area contributed by atoms with Crippen LogP contribution in [0.4, 0.5) is 0 Å². The Labute approximate surface area is 65.2 Å². The highest BCUT2D eigenvalue weighted by atomic mass is 16.7. The van der Waals surface area contributed by atoms with Gasteiger partial charge in [-0.2, -0.15) is 4.99 Å². The molecule has 1 heterocycles. The van der Waals surface area contributed by atoms with Crippen LogP contribution in [0.5, 0.6) is 0 Å². The van der Waals surface area contributed by atoms with Crippen LogP contribution in [0, 0.1) is 0 Å². The van der Waals surface area contributed by atoms with Gasteiger partial charge in [0.1, 0.15) is 0 Å². The zero-order chi connectivity index (χ0) is 7.94. The number of hydrogen-bond acceptors (Lipinski definition) is 4. The minimum Gasteiger partial charge on any atom is -0.353 e. The largest absolute Gasteiger partial charge is 0.353 e. The Morgan fingerprint density at radius 3 is 3.18 bits per heavy atom. The first-order valence-electron chi connectivity index (χ1n) is 3.70. The van der Waals surface area contributed by atoms with Crippen molar-refractivity contribution in [1.29, 1.82) is 0 Å². The van der Waals surface area contributed by atoms with Crippen LogP contribution in [-0.2, 0) is 14.3 Å². The zero-order valence-electron chi connectivity index (χ0n) is 6.28. The van der Waals surface area contributed by atoms with E-state index < -0.39 is 0 Å². The maximum atomic E-state index is 9.63. The fraction of sp³-hybridized carbons (Fsp3) is 0.857. The lowest BCUT2D eigenvalue weighted by Gasteiger charge is -2.21. The van der Waals surface area contributed by atoms with E-state index >= 15 is 0 Å². The highest BCUT2D eigenvalue weighted by Gasteiger charge is 2.12. The molecule has 0 radical (unpaired) electrons. The first kappa shape index (κ1) is 8.40. The molecule has 0 aromatic heterocycles. The number of carbonyl (C=O) groups excluding carboxylic acids is 1. The molecule has 0 saturated carbocycles. The number of isocyanates is 1. The molecule has 0 aromatic carbocycles. The van der Waals surface area contributed by atoms with E-state index in [9.17, 15) is 4.79 Å². The van der Waals surface area contributed by atoms with Crippen molar-refractivity contribution in [2.75, 3.05) is 13.3 Å². The van der Waals surface area contributed by atoms with E-state index in [0.29, 0.717) is 0 Å². The maximum absolute atomic E-state index is 9.63. The Morgan fingerprint density at radius 2 is 2.55 bits per heavy atom. The summed E-state index contributed by atoms with van der Waals surface area (Å²) in [7, 11) is 0. The molecule has 1 saturated heterocycles. The molecule has 0 aromatic rings. The van der Waals surface area contributed by atoms with Gasteiger partial charge in [0.15, 0.2) is 13.0 Å². The second kappa shape index (κ2) is 5.02. The molecule has 1 rings (SSSR count). The molecule has 4 heteroatoms. The second-order valence-electron chi connectivity index (χ2n) is 2.34. The average molecular weight is 157 g/mol. The third-order valence-electron chi connectivity index (χ3n) is 1.53. The second-order valence-corrected chi connectivity index (χ2v) is 2.34. The van der Waals surface area contributed by atoms with Crippen LogP contribution in [0.15, 0.2) is 4.99 Å². The lowest BCUT2D eigenvalue weighted by molar-refractivity contribution is -0.160. The molecule has 0 spiro atoms. The average Bonchev–Trinajstić information content (AvgIpc) is 2.07.